The Hall–Kier alpha value is -2.29. The second kappa shape index (κ2) is 3.94. The highest BCUT2D eigenvalue weighted by Crippen LogP contribution is 2.32. The number of hydrogen-bond acceptors (Lipinski definition) is 3. The Balaban J connectivity index is 2.11. The average molecular weight is 223 g/mol. The van der Waals surface area contributed by atoms with Gasteiger partial charge >= 0.3 is 0 Å². The minimum atomic E-state index is 0.0879. The van der Waals surface area contributed by atoms with Gasteiger partial charge in [0.05, 0.1) is 11.7 Å². The smallest absolute Gasteiger partial charge is 0.194 e. The van der Waals surface area contributed by atoms with Gasteiger partial charge in [0.2, 0.25) is 0 Å². The van der Waals surface area contributed by atoms with Gasteiger partial charge in [-0.25, -0.2) is 4.99 Å². The Morgan fingerprint density at radius 3 is 2.47 bits per heavy atom. The summed E-state index contributed by atoms with van der Waals surface area (Å²) in [7, 11) is 0. The minimum absolute atomic E-state index is 0.0879. The molecule has 0 fully saturated rings. The number of aliphatic imine (C=N–C) groups is 1. The minimum Gasteiger partial charge on any atom is -0.370 e. The van der Waals surface area contributed by atoms with Crippen LogP contribution in [-0.2, 0) is 0 Å². The SMILES string of the molecule is NC1=Nc2ccccc2C(c2ccccc2)N1. The number of fused-ring (bicyclic) bond motifs is 1. The van der Waals surface area contributed by atoms with Crippen LogP contribution >= 0.6 is 0 Å². The molecule has 3 N–H and O–H groups in total. The van der Waals surface area contributed by atoms with Crippen molar-refractivity contribution in [3.05, 3.63) is 65.7 Å². The molecule has 0 aromatic heterocycles. The number of nitrogens with zero attached hydrogens (tertiary/aromatic N) is 1. The van der Waals surface area contributed by atoms with Crippen LogP contribution in [-0.4, -0.2) is 5.96 Å². The molecule has 2 aromatic carbocycles. The van der Waals surface area contributed by atoms with Crippen molar-refractivity contribution in [2.45, 2.75) is 6.04 Å². The van der Waals surface area contributed by atoms with Crippen molar-refractivity contribution in [1.82, 2.24) is 5.32 Å². The van der Waals surface area contributed by atoms with Crippen molar-refractivity contribution >= 4 is 11.6 Å². The maximum atomic E-state index is 5.82. The topological polar surface area (TPSA) is 50.4 Å². The van der Waals surface area contributed by atoms with E-state index in [1.165, 1.54) is 5.56 Å². The first kappa shape index (κ1) is 9.90. The highest BCUT2D eigenvalue weighted by molar-refractivity contribution is 5.84. The first-order chi connectivity index (χ1) is 8.34. The van der Waals surface area contributed by atoms with Crippen molar-refractivity contribution in [3.8, 4) is 0 Å². The van der Waals surface area contributed by atoms with Gasteiger partial charge in [-0.3, -0.25) is 0 Å². The Kier molecular flexibility index (Phi) is 2.29. The van der Waals surface area contributed by atoms with Crippen molar-refractivity contribution in [2.24, 2.45) is 10.7 Å². The quantitative estimate of drug-likeness (QED) is 0.779. The van der Waals surface area contributed by atoms with Gasteiger partial charge in [-0.1, -0.05) is 48.5 Å². The van der Waals surface area contributed by atoms with Crippen molar-refractivity contribution < 1.29 is 0 Å². The molecule has 0 amide bonds. The fraction of sp³-hybridized carbons (Fsp3) is 0.0714. The Morgan fingerprint density at radius 1 is 0.941 bits per heavy atom. The number of guanidine groups is 1. The third kappa shape index (κ3) is 1.76. The molecule has 0 spiro atoms. The first-order valence-electron chi connectivity index (χ1n) is 5.59. The summed E-state index contributed by atoms with van der Waals surface area (Å²) < 4.78 is 0. The predicted molar refractivity (Wildman–Crippen MR) is 69.1 cm³/mol. The number of hydrogen-bond donors (Lipinski definition) is 2. The normalized spacial score (nSPS) is 17.9. The van der Waals surface area contributed by atoms with Gasteiger partial charge in [-0.2, -0.15) is 0 Å². The van der Waals surface area contributed by atoms with Gasteiger partial charge in [-0.15, -0.1) is 0 Å². The van der Waals surface area contributed by atoms with Crippen LogP contribution in [0.3, 0.4) is 0 Å². The van der Waals surface area contributed by atoms with E-state index in [1.54, 1.807) is 0 Å². The molecule has 3 nitrogen and oxygen atoms in total. The lowest BCUT2D eigenvalue weighted by molar-refractivity contribution is 0.743. The van der Waals surface area contributed by atoms with Gasteiger partial charge in [0.15, 0.2) is 5.96 Å². The summed E-state index contributed by atoms with van der Waals surface area (Å²) in [5, 5.41) is 3.22. The summed E-state index contributed by atoms with van der Waals surface area (Å²) >= 11 is 0. The van der Waals surface area contributed by atoms with Crippen LogP contribution in [0, 0.1) is 0 Å². The summed E-state index contributed by atoms with van der Waals surface area (Å²) in [4.78, 5) is 4.30. The summed E-state index contributed by atoms with van der Waals surface area (Å²) in [6, 6.07) is 18.4. The molecule has 0 saturated carbocycles. The van der Waals surface area contributed by atoms with Crippen LogP contribution in [0.2, 0.25) is 0 Å². The molecule has 17 heavy (non-hydrogen) atoms. The summed E-state index contributed by atoms with van der Waals surface area (Å²) in [6.07, 6.45) is 0. The van der Waals surface area contributed by atoms with Gasteiger partial charge in [0.1, 0.15) is 0 Å². The van der Waals surface area contributed by atoms with E-state index in [0.29, 0.717) is 5.96 Å². The Bertz CT molecular complexity index is 561. The van der Waals surface area contributed by atoms with Crippen LogP contribution in [0.4, 0.5) is 5.69 Å². The van der Waals surface area contributed by atoms with Crippen molar-refractivity contribution in [1.29, 1.82) is 0 Å². The highest BCUT2D eigenvalue weighted by atomic mass is 15.1. The highest BCUT2D eigenvalue weighted by Gasteiger charge is 2.21. The van der Waals surface area contributed by atoms with E-state index in [4.69, 9.17) is 5.73 Å². The van der Waals surface area contributed by atoms with Crippen LogP contribution in [0.15, 0.2) is 59.6 Å². The maximum Gasteiger partial charge on any atom is 0.194 e. The molecule has 0 saturated heterocycles. The molecular formula is C14H13N3. The zero-order chi connectivity index (χ0) is 11.7. The number of benzene rings is 2. The van der Waals surface area contributed by atoms with Crippen LogP contribution in [0.25, 0.3) is 0 Å². The zero-order valence-corrected chi connectivity index (χ0v) is 9.30. The lowest BCUT2D eigenvalue weighted by Crippen LogP contribution is -2.37. The summed E-state index contributed by atoms with van der Waals surface area (Å²) in [5.41, 5.74) is 9.11. The second-order valence-electron chi connectivity index (χ2n) is 4.04. The van der Waals surface area contributed by atoms with Crippen LogP contribution < -0.4 is 11.1 Å². The monoisotopic (exact) mass is 223 g/mol. The third-order valence-electron chi connectivity index (χ3n) is 2.91. The standard InChI is InChI=1S/C14H13N3/c15-14-16-12-9-5-4-8-11(12)13(17-14)10-6-2-1-3-7-10/h1-9,13H,(H3,15,16,17). The summed E-state index contributed by atoms with van der Waals surface area (Å²) in [6.45, 7) is 0. The van der Waals surface area contributed by atoms with E-state index < -0.39 is 0 Å². The molecule has 3 heteroatoms. The van der Waals surface area contributed by atoms with Gasteiger partial charge in [0, 0.05) is 5.56 Å². The molecule has 1 heterocycles. The molecule has 1 unspecified atom stereocenters. The fourth-order valence-corrected chi connectivity index (χ4v) is 2.13. The predicted octanol–water partition coefficient (Wildman–Crippen LogP) is 2.33. The lowest BCUT2D eigenvalue weighted by atomic mass is 9.96. The van der Waals surface area contributed by atoms with E-state index in [0.717, 1.165) is 11.3 Å². The molecule has 1 atom stereocenters. The first-order valence-corrected chi connectivity index (χ1v) is 5.59. The molecular weight excluding hydrogens is 210 g/mol. The Morgan fingerprint density at radius 2 is 1.65 bits per heavy atom. The summed E-state index contributed by atoms with van der Waals surface area (Å²) in [5.74, 6) is 0.470. The van der Waals surface area contributed by atoms with E-state index in [2.05, 4.69) is 28.5 Å². The van der Waals surface area contributed by atoms with Gasteiger partial charge in [-0.05, 0) is 11.6 Å². The molecule has 0 radical (unpaired) electrons. The van der Waals surface area contributed by atoms with Crippen LogP contribution in [0.5, 0.6) is 0 Å². The largest absolute Gasteiger partial charge is 0.370 e. The number of nitrogens with one attached hydrogen (secondary N) is 1. The fourth-order valence-electron chi connectivity index (χ4n) is 2.13. The second-order valence-corrected chi connectivity index (χ2v) is 4.04. The maximum absolute atomic E-state index is 5.82. The van der Waals surface area contributed by atoms with Crippen LogP contribution in [0.1, 0.15) is 17.2 Å². The van der Waals surface area contributed by atoms with E-state index >= 15 is 0 Å². The van der Waals surface area contributed by atoms with E-state index in [-0.39, 0.29) is 6.04 Å². The van der Waals surface area contributed by atoms with E-state index in [1.807, 2.05) is 36.4 Å². The molecule has 0 aliphatic carbocycles. The Labute approximate surface area is 100.0 Å². The molecule has 2 aromatic rings. The van der Waals surface area contributed by atoms with Crippen molar-refractivity contribution in [2.75, 3.05) is 0 Å². The molecule has 84 valence electrons. The van der Waals surface area contributed by atoms with Crippen molar-refractivity contribution in [3.63, 3.8) is 0 Å². The lowest BCUT2D eigenvalue weighted by Gasteiger charge is -2.25. The third-order valence-corrected chi connectivity index (χ3v) is 2.91. The molecule has 3 rings (SSSR count). The molecule has 1 aliphatic rings. The average Bonchev–Trinajstić information content (AvgIpc) is 2.39. The number of para-hydroxylation sites is 1. The van der Waals surface area contributed by atoms with Gasteiger partial charge in [0.25, 0.3) is 0 Å². The number of nitrogens with two attached hydrogens (primary N) is 1. The molecule has 0 bridgehead atoms. The molecule has 1 aliphatic heterocycles. The number of rotatable bonds is 1. The van der Waals surface area contributed by atoms with Gasteiger partial charge < -0.3 is 11.1 Å². The zero-order valence-electron chi connectivity index (χ0n) is 9.30. The van der Waals surface area contributed by atoms with E-state index in [9.17, 15) is 0 Å².